The smallest absolute Gasteiger partial charge is 0.0726 e. The van der Waals surface area contributed by atoms with E-state index in [-0.39, 0.29) is 5.41 Å². The first-order valence-electron chi connectivity index (χ1n) is 25.3. The van der Waals surface area contributed by atoms with Crippen molar-refractivity contribution < 1.29 is 0 Å². The fourth-order valence-corrected chi connectivity index (χ4v) is 13.2. The summed E-state index contributed by atoms with van der Waals surface area (Å²) in [5, 5.41) is 2.53. The first kappa shape index (κ1) is 40.9. The van der Waals surface area contributed by atoms with E-state index in [0.29, 0.717) is 0 Å². The molecule has 338 valence electrons. The molecule has 11 aromatic carbocycles. The molecule has 2 heteroatoms. The van der Waals surface area contributed by atoms with Crippen LogP contribution in [0.3, 0.4) is 0 Å². The van der Waals surface area contributed by atoms with Crippen LogP contribution >= 0.6 is 0 Å². The standard InChI is InChI=1S/C70H48N2/c1-69(2)59-24-11-6-19-52(59)55-42-40-51(44-63(55)69)71(49-36-31-46(32-37-49)45-17-4-3-5-18-45)50-38-33-47(34-39-50)48-35-41-58-64(43-48)70(60-25-12-7-20-53(60)54-21-8-13-26-61(54)70)62-27-16-30-67(68(58)62)72-65-28-14-9-22-56(65)57-23-10-15-29-66(57)72/h3-44H,1-2H3. The SMILES string of the molecule is CC1(C)c2ccccc2-c2ccc(N(c3ccc(-c4ccccc4)cc3)c3ccc(-c4ccc5c(c4)C4(c6ccccc6-c6ccccc64)c4cccc(-n6c7ccccc7c7ccccc76)c4-5)cc3)cc21. The molecule has 2 nitrogen and oxygen atoms in total. The van der Waals surface area contributed by atoms with Gasteiger partial charge in [-0.05, 0) is 144 Å². The number of hydrogen-bond acceptors (Lipinski definition) is 1. The second kappa shape index (κ2) is 15.3. The molecule has 72 heavy (non-hydrogen) atoms. The average Bonchev–Trinajstić information content (AvgIpc) is 4.12. The molecule has 0 atom stereocenters. The van der Waals surface area contributed by atoms with E-state index < -0.39 is 5.41 Å². The summed E-state index contributed by atoms with van der Waals surface area (Å²) >= 11 is 0. The minimum absolute atomic E-state index is 0.121. The lowest BCUT2D eigenvalue weighted by Crippen LogP contribution is -2.26. The van der Waals surface area contributed by atoms with Crippen LogP contribution in [0.1, 0.15) is 47.2 Å². The van der Waals surface area contributed by atoms with E-state index in [1.54, 1.807) is 0 Å². The van der Waals surface area contributed by atoms with E-state index in [0.717, 1.165) is 17.1 Å². The summed E-state index contributed by atoms with van der Waals surface area (Å²) in [6, 6.07) is 95.2. The van der Waals surface area contributed by atoms with Crippen LogP contribution in [0.25, 0.3) is 83.1 Å². The van der Waals surface area contributed by atoms with Gasteiger partial charge in [-0.2, -0.15) is 0 Å². The Labute approximate surface area is 420 Å². The van der Waals surface area contributed by atoms with Crippen molar-refractivity contribution >= 4 is 38.9 Å². The summed E-state index contributed by atoms with van der Waals surface area (Å²) in [5.74, 6) is 0. The first-order valence-corrected chi connectivity index (χ1v) is 25.3. The summed E-state index contributed by atoms with van der Waals surface area (Å²) in [5.41, 5.74) is 27.1. The highest BCUT2D eigenvalue weighted by Gasteiger charge is 2.52. The highest BCUT2D eigenvalue weighted by atomic mass is 15.1. The Hall–Kier alpha value is -8.98. The molecule has 1 heterocycles. The normalized spacial score (nSPS) is 13.9. The van der Waals surface area contributed by atoms with Crippen molar-refractivity contribution in [3.63, 3.8) is 0 Å². The Morgan fingerprint density at radius 1 is 0.306 bits per heavy atom. The lowest BCUT2D eigenvalue weighted by molar-refractivity contribution is 0.660. The van der Waals surface area contributed by atoms with Gasteiger partial charge in [0.25, 0.3) is 0 Å². The van der Waals surface area contributed by atoms with Gasteiger partial charge in [0.1, 0.15) is 0 Å². The number of para-hydroxylation sites is 2. The molecule has 0 bridgehead atoms. The number of hydrogen-bond donors (Lipinski definition) is 0. The molecule has 3 aliphatic carbocycles. The van der Waals surface area contributed by atoms with Gasteiger partial charge in [0.15, 0.2) is 0 Å². The minimum atomic E-state index is -0.508. The van der Waals surface area contributed by atoms with Gasteiger partial charge in [0.05, 0.1) is 22.1 Å². The molecule has 0 unspecified atom stereocenters. The Morgan fingerprint density at radius 3 is 1.40 bits per heavy atom. The van der Waals surface area contributed by atoms with Crippen molar-refractivity contribution in [3.05, 3.63) is 288 Å². The van der Waals surface area contributed by atoms with Crippen molar-refractivity contribution in [1.29, 1.82) is 0 Å². The van der Waals surface area contributed by atoms with Crippen molar-refractivity contribution in [2.45, 2.75) is 24.7 Å². The van der Waals surface area contributed by atoms with Gasteiger partial charge < -0.3 is 9.47 Å². The van der Waals surface area contributed by atoms with E-state index in [1.807, 2.05) is 0 Å². The molecular weight excluding hydrogens is 869 g/mol. The number of anilines is 3. The van der Waals surface area contributed by atoms with Crippen LogP contribution in [0, 0.1) is 0 Å². The topological polar surface area (TPSA) is 8.17 Å². The van der Waals surface area contributed by atoms with Gasteiger partial charge in [-0.25, -0.2) is 0 Å². The molecule has 0 aliphatic heterocycles. The fourth-order valence-electron chi connectivity index (χ4n) is 13.2. The number of aromatic nitrogens is 1. The first-order chi connectivity index (χ1) is 35.5. The van der Waals surface area contributed by atoms with Crippen LogP contribution in [0.5, 0.6) is 0 Å². The van der Waals surface area contributed by atoms with Crippen LogP contribution in [0.15, 0.2) is 255 Å². The number of fused-ring (bicyclic) bond motifs is 16. The zero-order valence-electron chi connectivity index (χ0n) is 40.1. The molecule has 1 spiro atoms. The zero-order chi connectivity index (χ0) is 47.7. The maximum absolute atomic E-state index is 2.51. The predicted octanol–water partition coefficient (Wildman–Crippen LogP) is 18.2. The van der Waals surface area contributed by atoms with Crippen LogP contribution in [-0.2, 0) is 10.8 Å². The summed E-state index contributed by atoms with van der Waals surface area (Å²) in [7, 11) is 0. The van der Waals surface area contributed by atoms with Gasteiger partial charge in [-0.1, -0.05) is 208 Å². The van der Waals surface area contributed by atoms with Gasteiger partial charge >= 0.3 is 0 Å². The van der Waals surface area contributed by atoms with Crippen LogP contribution in [0.4, 0.5) is 17.1 Å². The van der Waals surface area contributed by atoms with E-state index in [4.69, 9.17) is 0 Å². The highest BCUT2D eigenvalue weighted by molar-refractivity contribution is 6.10. The fraction of sp³-hybridized carbons (Fsp3) is 0.0571. The maximum Gasteiger partial charge on any atom is 0.0726 e. The third kappa shape index (κ3) is 5.61. The molecule has 12 aromatic rings. The van der Waals surface area contributed by atoms with Crippen LogP contribution < -0.4 is 4.90 Å². The van der Waals surface area contributed by atoms with Gasteiger partial charge in [0, 0.05) is 38.8 Å². The molecule has 15 rings (SSSR count). The number of benzene rings is 11. The maximum atomic E-state index is 2.51. The van der Waals surface area contributed by atoms with Crippen LogP contribution in [0.2, 0.25) is 0 Å². The minimum Gasteiger partial charge on any atom is -0.310 e. The molecule has 1 aromatic heterocycles. The molecule has 3 aliphatic rings. The third-order valence-corrected chi connectivity index (χ3v) is 16.4. The van der Waals surface area contributed by atoms with Crippen LogP contribution in [-0.4, -0.2) is 4.57 Å². The molecular formula is C70H48N2. The Morgan fingerprint density at radius 2 is 0.764 bits per heavy atom. The van der Waals surface area contributed by atoms with Gasteiger partial charge in [-0.15, -0.1) is 0 Å². The largest absolute Gasteiger partial charge is 0.310 e. The van der Waals surface area contributed by atoms with Gasteiger partial charge in [-0.3, -0.25) is 0 Å². The highest BCUT2D eigenvalue weighted by Crippen LogP contribution is 2.64. The Kier molecular flexibility index (Phi) is 8.66. The number of rotatable bonds is 6. The second-order valence-corrected chi connectivity index (χ2v) is 20.4. The lowest BCUT2D eigenvalue weighted by atomic mass is 9.70. The molecule has 0 amide bonds. The van der Waals surface area contributed by atoms with Crippen molar-refractivity contribution in [2.24, 2.45) is 0 Å². The zero-order valence-corrected chi connectivity index (χ0v) is 40.1. The van der Waals surface area contributed by atoms with Crippen molar-refractivity contribution in [1.82, 2.24) is 4.57 Å². The third-order valence-electron chi connectivity index (χ3n) is 16.4. The van der Waals surface area contributed by atoms with Crippen molar-refractivity contribution in [2.75, 3.05) is 4.90 Å². The predicted molar refractivity (Wildman–Crippen MR) is 300 cm³/mol. The second-order valence-electron chi connectivity index (χ2n) is 20.4. The Bertz CT molecular complexity index is 4070. The molecule has 0 N–H and O–H groups in total. The van der Waals surface area contributed by atoms with Gasteiger partial charge in [0.2, 0.25) is 0 Å². The molecule has 0 saturated heterocycles. The summed E-state index contributed by atoms with van der Waals surface area (Å²) in [6.45, 7) is 4.73. The number of nitrogens with zero attached hydrogens (tertiary/aromatic N) is 2. The summed E-state index contributed by atoms with van der Waals surface area (Å²) in [6.07, 6.45) is 0. The molecule has 0 saturated carbocycles. The van der Waals surface area contributed by atoms with Crippen molar-refractivity contribution in [3.8, 4) is 61.3 Å². The van der Waals surface area contributed by atoms with E-state index in [9.17, 15) is 0 Å². The van der Waals surface area contributed by atoms with E-state index >= 15 is 0 Å². The summed E-state index contributed by atoms with van der Waals surface area (Å²) in [4.78, 5) is 2.43. The van der Waals surface area contributed by atoms with E-state index in [2.05, 4.69) is 278 Å². The molecule has 0 radical (unpaired) electrons. The molecule has 0 fully saturated rings. The quantitative estimate of drug-likeness (QED) is 0.161. The monoisotopic (exact) mass is 916 g/mol. The Balaban J connectivity index is 0.901. The summed E-state index contributed by atoms with van der Waals surface area (Å²) < 4.78 is 2.51. The van der Waals surface area contributed by atoms with E-state index in [1.165, 1.54) is 117 Å². The lowest BCUT2D eigenvalue weighted by Gasteiger charge is -2.31. The average molecular weight is 917 g/mol.